The lowest BCUT2D eigenvalue weighted by Gasteiger charge is -2.05. The molecule has 0 spiro atoms. The van der Waals surface area contributed by atoms with Crippen LogP contribution in [-0.4, -0.2) is 26.8 Å². The second kappa shape index (κ2) is 6.70. The number of nitrogens with two attached hydrogens (primary N) is 1. The van der Waals surface area contributed by atoms with Crippen LogP contribution in [0, 0.1) is 0 Å². The zero-order valence-electron chi connectivity index (χ0n) is 10.5. The second-order valence-corrected chi connectivity index (χ2v) is 3.97. The third-order valence-corrected chi connectivity index (χ3v) is 2.22. The maximum absolute atomic E-state index is 11.4. The number of amides is 2. The number of hydrogen-bond donors (Lipinski definition) is 3. The van der Waals surface area contributed by atoms with E-state index in [2.05, 4.69) is 21.2 Å². The zero-order chi connectivity index (χ0) is 13.5. The summed E-state index contributed by atoms with van der Waals surface area (Å²) in [6, 6.07) is -0.165. The Bertz CT molecular complexity index is 416. The SMILES string of the molecule is CCCC(N)c1cn(CC(=O)NNC(C)=O)nn1. The Morgan fingerprint density at radius 3 is 2.83 bits per heavy atom. The van der Waals surface area contributed by atoms with Crippen LogP contribution in [0.25, 0.3) is 0 Å². The summed E-state index contributed by atoms with van der Waals surface area (Å²) in [5.41, 5.74) is 11.0. The minimum atomic E-state index is -0.384. The average molecular weight is 254 g/mol. The van der Waals surface area contributed by atoms with Gasteiger partial charge >= 0.3 is 0 Å². The van der Waals surface area contributed by atoms with E-state index in [0.29, 0.717) is 5.69 Å². The van der Waals surface area contributed by atoms with E-state index in [4.69, 9.17) is 5.73 Å². The van der Waals surface area contributed by atoms with Crippen molar-refractivity contribution in [1.82, 2.24) is 25.8 Å². The van der Waals surface area contributed by atoms with Crippen LogP contribution in [0.1, 0.15) is 38.4 Å². The normalized spacial score (nSPS) is 11.9. The average Bonchev–Trinajstić information content (AvgIpc) is 2.75. The maximum atomic E-state index is 11.4. The third kappa shape index (κ3) is 4.50. The van der Waals surface area contributed by atoms with Crippen molar-refractivity contribution < 1.29 is 9.59 Å². The molecule has 0 fully saturated rings. The quantitative estimate of drug-likeness (QED) is 0.598. The Balaban J connectivity index is 2.48. The molecule has 0 bridgehead atoms. The Kier molecular flexibility index (Phi) is 5.25. The van der Waals surface area contributed by atoms with Crippen LogP contribution in [0.5, 0.6) is 0 Å². The molecule has 18 heavy (non-hydrogen) atoms. The highest BCUT2D eigenvalue weighted by Crippen LogP contribution is 2.11. The summed E-state index contributed by atoms with van der Waals surface area (Å²) >= 11 is 0. The smallest absolute Gasteiger partial charge is 0.260 e. The van der Waals surface area contributed by atoms with E-state index in [-0.39, 0.29) is 24.4 Å². The lowest BCUT2D eigenvalue weighted by molar-refractivity contribution is -0.128. The number of carbonyl (C=O) groups excluding carboxylic acids is 2. The molecule has 4 N–H and O–H groups in total. The number of nitrogens with zero attached hydrogens (tertiary/aromatic N) is 3. The van der Waals surface area contributed by atoms with E-state index in [9.17, 15) is 9.59 Å². The molecule has 8 nitrogen and oxygen atoms in total. The molecule has 1 atom stereocenters. The van der Waals surface area contributed by atoms with E-state index in [1.165, 1.54) is 11.6 Å². The number of carbonyl (C=O) groups is 2. The highest BCUT2D eigenvalue weighted by Gasteiger charge is 2.11. The molecule has 1 rings (SSSR count). The number of aromatic nitrogens is 3. The number of hydrazine groups is 1. The number of rotatable bonds is 5. The van der Waals surface area contributed by atoms with Crippen molar-refractivity contribution in [3.63, 3.8) is 0 Å². The van der Waals surface area contributed by atoms with E-state index >= 15 is 0 Å². The first-order chi connectivity index (χ1) is 8.52. The van der Waals surface area contributed by atoms with Gasteiger partial charge in [0.05, 0.1) is 17.9 Å². The van der Waals surface area contributed by atoms with Gasteiger partial charge < -0.3 is 5.73 Å². The molecule has 8 heteroatoms. The fraction of sp³-hybridized carbons (Fsp3) is 0.600. The zero-order valence-corrected chi connectivity index (χ0v) is 10.5. The van der Waals surface area contributed by atoms with Crippen LogP contribution in [0.4, 0.5) is 0 Å². The highest BCUT2D eigenvalue weighted by atomic mass is 16.2. The van der Waals surface area contributed by atoms with Crippen molar-refractivity contribution in [2.45, 2.75) is 39.3 Å². The third-order valence-electron chi connectivity index (χ3n) is 2.22. The fourth-order valence-electron chi connectivity index (χ4n) is 1.36. The van der Waals surface area contributed by atoms with Gasteiger partial charge in [0.1, 0.15) is 6.54 Å². The van der Waals surface area contributed by atoms with Gasteiger partial charge in [0, 0.05) is 6.92 Å². The van der Waals surface area contributed by atoms with Crippen molar-refractivity contribution >= 4 is 11.8 Å². The maximum Gasteiger partial charge on any atom is 0.260 e. The van der Waals surface area contributed by atoms with Gasteiger partial charge in [-0.3, -0.25) is 20.4 Å². The van der Waals surface area contributed by atoms with Gasteiger partial charge in [-0.15, -0.1) is 5.10 Å². The Morgan fingerprint density at radius 2 is 2.22 bits per heavy atom. The van der Waals surface area contributed by atoms with Crippen molar-refractivity contribution in [2.75, 3.05) is 0 Å². The van der Waals surface area contributed by atoms with Gasteiger partial charge in [-0.2, -0.15) is 0 Å². The van der Waals surface area contributed by atoms with E-state index < -0.39 is 0 Å². The lowest BCUT2D eigenvalue weighted by atomic mass is 10.1. The van der Waals surface area contributed by atoms with Crippen molar-refractivity contribution in [3.05, 3.63) is 11.9 Å². The minimum Gasteiger partial charge on any atom is -0.323 e. The molecular weight excluding hydrogens is 236 g/mol. The summed E-state index contributed by atoms with van der Waals surface area (Å²) in [7, 11) is 0. The summed E-state index contributed by atoms with van der Waals surface area (Å²) in [6.45, 7) is 3.31. The van der Waals surface area contributed by atoms with E-state index in [1.54, 1.807) is 6.20 Å². The minimum absolute atomic E-state index is 0.0217. The standard InChI is InChI=1S/C10H18N6O2/c1-3-4-8(11)9-5-16(15-13-9)6-10(18)14-12-7(2)17/h5,8H,3-4,6,11H2,1-2H3,(H,12,17)(H,14,18). The lowest BCUT2D eigenvalue weighted by Crippen LogP contribution is -2.42. The Morgan fingerprint density at radius 1 is 1.50 bits per heavy atom. The predicted octanol–water partition coefficient (Wildman–Crippen LogP) is -0.755. The van der Waals surface area contributed by atoms with Crippen molar-refractivity contribution in [3.8, 4) is 0 Å². The van der Waals surface area contributed by atoms with Gasteiger partial charge in [0.2, 0.25) is 5.91 Å². The Hall–Kier alpha value is -1.96. The molecule has 1 heterocycles. The predicted molar refractivity (Wildman–Crippen MR) is 63.8 cm³/mol. The molecule has 0 radical (unpaired) electrons. The summed E-state index contributed by atoms with van der Waals surface area (Å²) in [4.78, 5) is 22.0. The second-order valence-electron chi connectivity index (χ2n) is 3.97. The van der Waals surface area contributed by atoms with Crippen LogP contribution < -0.4 is 16.6 Å². The molecule has 1 aromatic rings. The van der Waals surface area contributed by atoms with Crippen LogP contribution in [0.3, 0.4) is 0 Å². The van der Waals surface area contributed by atoms with Crippen LogP contribution in [0.2, 0.25) is 0 Å². The van der Waals surface area contributed by atoms with Gasteiger partial charge in [-0.1, -0.05) is 18.6 Å². The number of nitrogens with one attached hydrogen (secondary N) is 2. The summed E-state index contributed by atoms with van der Waals surface area (Å²) in [5, 5.41) is 7.70. The van der Waals surface area contributed by atoms with Gasteiger partial charge in [0.15, 0.2) is 0 Å². The first kappa shape index (κ1) is 14.1. The summed E-state index contributed by atoms with van der Waals surface area (Å²) in [5.74, 6) is -0.724. The largest absolute Gasteiger partial charge is 0.323 e. The molecule has 100 valence electrons. The van der Waals surface area contributed by atoms with Crippen molar-refractivity contribution in [2.24, 2.45) is 5.73 Å². The summed E-state index contributed by atoms with van der Waals surface area (Å²) < 4.78 is 1.38. The molecule has 0 aliphatic rings. The molecule has 0 aliphatic carbocycles. The van der Waals surface area contributed by atoms with E-state index in [1.807, 2.05) is 6.92 Å². The molecular formula is C10H18N6O2. The molecule has 0 aliphatic heterocycles. The number of hydrogen-bond acceptors (Lipinski definition) is 5. The Labute approximate surface area is 105 Å². The molecule has 0 saturated carbocycles. The van der Waals surface area contributed by atoms with Crippen molar-refractivity contribution in [1.29, 1.82) is 0 Å². The fourth-order valence-corrected chi connectivity index (χ4v) is 1.36. The van der Waals surface area contributed by atoms with Crippen LogP contribution in [0.15, 0.2) is 6.20 Å². The highest BCUT2D eigenvalue weighted by molar-refractivity contribution is 5.80. The van der Waals surface area contributed by atoms with Crippen LogP contribution in [-0.2, 0) is 16.1 Å². The molecule has 0 saturated heterocycles. The van der Waals surface area contributed by atoms with Gasteiger partial charge in [-0.05, 0) is 6.42 Å². The first-order valence-corrected chi connectivity index (χ1v) is 5.74. The molecule has 1 unspecified atom stereocenters. The van der Waals surface area contributed by atoms with Crippen LogP contribution >= 0.6 is 0 Å². The van der Waals surface area contributed by atoms with E-state index in [0.717, 1.165) is 12.8 Å². The summed E-state index contributed by atoms with van der Waals surface area (Å²) in [6.07, 6.45) is 3.40. The molecule has 1 aromatic heterocycles. The van der Waals surface area contributed by atoms with Gasteiger partial charge in [0.25, 0.3) is 5.91 Å². The topological polar surface area (TPSA) is 115 Å². The van der Waals surface area contributed by atoms with Gasteiger partial charge in [-0.25, -0.2) is 4.68 Å². The molecule has 0 aromatic carbocycles. The molecule has 2 amide bonds. The monoisotopic (exact) mass is 254 g/mol. The first-order valence-electron chi connectivity index (χ1n) is 5.74.